The molecule has 0 aliphatic heterocycles. The fraction of sp³-hybridized carbons (Fsp3) is 0.500. The van der Waals surface area contributed by atoms with E-state index >= 15 is 0 Å². The molecule has 0 spiro atoms. The second-order valence-electron chi connectivity index (χ2n) is 5.40. The lowest BCUT2D eigenvalue weighted by Gasteiger charge is -2.18. The zero-order valence-electron chi connectivity index (χ0n) is 14.0. The van der Waals surface area contributed by atoms with Crippen molar-refractivity contribution in [1.29, 1.82) is 0 Å². The number of guanidine groups is 1. The first-order valence-electron chi connectivity index (χ1n) is 7.53. The predicted molar refractivity (Wildman–Crippen MR) is 97.6 cm³/mol. The average molecular weight is 359 g/mol. The maximum Gasteiger partial charge on any atom is 0.243 e. The molecule has 0 aliphatic rings. The van der Waals surface area contributed by atoms with Gasteiger partial charge in [-0.05, 0) is 24.6 Å². The molecule has 1 amide bonds. The fourth-order valence-corrected chi connectivity index (χ4v) is 2.73. The van der Waals surface area contributed by atoms with E-state index in [0.29, 0.717) is 29.1 Å². The summed E-state index contributed by atoms with van der Waals surface area (Å²) in [5.41, 5.74) is 0.906. The smallest absolute Gasteiger partial charge is 0.243 e. The van der Waals surface area contributed by atoms with Crippen LogP contribution in [0.2, 0.25) is 10.0 Å². The summed E-state index contributed by atoms with van der Waals surface area (Å²) < 4.78 is 0. The average Bonchev–Trinajstić information content (AvgIpc) is 2.49. The maximum absolute atomic E-state index is 11.6. The zero-order chi connectivity index (χ0) is 17.4. The monoisotopic (exact) mass is 358 g/mol. The van der Waals surface area contributed by atoms with Gasteiger partial charge >= 0.3 is 0 Å². The first kappa shape index (κ1) is 19.6. The quantitative estimate of drug-likeness (QED) is 0.607. The number of nitrogens with zero attached hydrogens (tertiary/aromatic N) is 2. The minimum atomic E-state index is -0.0515. The highest BCUT2D eigenvalue weighted by Gasteiger charge is 2.14. The molecule has 1 atom stereocenters. The molecule has 5 nitrogen and oxygen atoms in total. The Hall–Kier alpha value is -1.46. The Labute approximate surface area is 148 Å². The van der Waals surface area contributed by atoms with Crippen LogP contribution in [0.4, 0.5) is 0 Å². The molecule has 0 fully saturated rings. The van der Waals surface area contributed by atoms with Gasteiger partial charge in [0.25, 0.3) is 0 Å². The standard InChI is InChI=1S/C16H24Cl2N4O/c1-5-19-16(21-10-14(23)22(3)4)20-9-11(2)15-12(17)7-6-8-13(15)18/h6-8,11H,5,9-10H2,1-4H3,(H2,19,20,21). The van der Waals surface area contributed by atoms with Crippen LogP contribution in [0.15, 0.2) is 23.2 Å². The first-order valence-corrected chi connectivity index (χ1v) is 8.28. The van der Waals surface area contributed by atoms with Crippen LogP contribution in [0.1, 0.15) is 25.3 Å². The molecule has 23 heavy (non-hydrogen) atoms. The van der Waals surface area contributed by atoms with Crippen LogP contribution < -0.4 is 10.6 Å². The number of rotatable bonds is 6. The number of likely N-dealkylation sites (N-methyl/N-ethyl adjacent to an activating group) is 1. The molecule has 0 aromatic heterocycles. The van der Waals surface area contributed by atoms with Gasteiger partial charge in [0.05, 0.1) is 0 Å². The third-order valence-electron chi connectivity index (χ3n) is 3.28. The van der Waals surface area contributed by atoms with Crippen molar-refractivity contribution in [3.63, 3.8) is 0 Å². The van der Waals surface area contributed by atoms with Crippen LogP contribution in [-0.2, 0) is 4.79 Å². The topological polar surface area (TPSA) is 56.7 Å². The molecule has 1 aromatic rings. The van der Waals surface area contributed by atoms with Gasteiger partial charge in [-0.2, -0.15) is 0 Å². The van der Waals surface area contributed by atoms with Crippen molar-refractivity contribution in [2.45, 2.75) is 19.8 Å². The lowest BCUT2D eigenvalue weighted by Crippen LogP contribution is -2.40. The van der Waals surface area contributed by atoms with Gasteiger partial charge in [-0.15, -0.1) is 0 Å². The summed E-state index contributed by atoms with van der Waals surface area (Å²) in [6, 6.07) is 5.48. The Morgan fingerprint density at radius 1 is 1.26 bits per heavy atom. The van der Waals surface area contributed by atoms with E-state index in [-0.39, 0.29) is 18.4 Å². The summed E-state index contributed by atoms with van der Waals surface area (Å²) in [7, 11) is 3.42. The van der Waals surface area contributed by atoms with Crippen molar-refractivity contribution < 1.29 is 4.79 Å². The van der Waals surface area contributed by atoms with Crippen molar-refractivity contribution in [3.8, 4) is 0 Å². The second-order valence-corrected chi connectivity index (χ2v) is 6.22. The molecule has 1 aromatic carbocycles. The Balaban J connectivity index is 2.71. The Morgan fingerprint density at radius 3 is 2.39 bits per heavy atom. The zero-order valence-corrected chi connectivity index (χ0v) is 15.5. The SMILES string of the molecule is CCNC(=NCC(=O)N(C)C)NCC(C)c1c(Cl)cccc1Cl. The molecule has 7 heteroatoms. The highest BCUT2D eigenvalue weighted by atomic mass is 35.5. The summed E-state index contributed by atoms with van der Waals surface area (Å²) in [6.07, 6.45) is 0. The highest BCUT2D eigenvalue weighted by molar-refractivity contribution is 6.36. The molecule has 1 unspecified atom stereocenters. The third-order valence-corrected chi connectivity index (χ3v) is 3.94. The van der Waals surface area contributed by atoms with E-state index in [4.69, 9.17) is 23.2 Å². The van der Waals surface area contributed by atoms with E-state index < -0.39 is 0 Å². The normalized spacial score (nSPS) is 12.7. The van der Waals surface area contributed by atoms with Crippen molar-refractivity contribution in [2.75, 3.05) is 33.7 Å². The number of amides is 1. The number of carbonyl (C=O) groups excluding carboxylic acids is 1. The number of hydrogen-bond donors (Lipinski definition) is 2. The summed E-state index contributed by atoms with van der Waals surface area (Å²) in [5.74, 6) is 0.645. The Morgan fingerprint density at radius 2 is 1.87 bits per heavy atom. The second kappa shape index (κ2) is 9.63. The van der Waals surface area contributed by atoms with Crippen LogP contribution in [-0.4, -0.2) is 50.5 Å². The Bertz CT molecular complexity index is 541. The minimum Gasteiger partial charge on any atom is -0.357 e. The van der Waals surface area contributed by atoms with Crippen molar-refractivity contribution in [1.82, 2.24) is 15.5 Å². The van der Waals surface area contributed by atoms with Gasteiger partial charge in [0.15, 0.2) is 5.96 Å². The number of hydrogen-bond acceptors (Lipinski definition) is 2. The van der Waals surface area contributed by atoms with E-state index in [1.165, 1.54) is 4.90 Å². The van der Waals surface area contributed by atoms with E-state index in [1.54, 1.807) is 14.1 Å². The molecule has 128 valence electrons. The maximum atomic E-state index is 11.6. The molecular formula is C16H24Cl2N4O. The molecule has 0 saturated heterocycles. The van der Waals surface area contributed by atoms with Gasteiger partial charge in [-0.3, -0.25) is 4.79 Å². The Kier molecular flexibility index (Phi) is 8.20. The molecule has 2 N–H and O–H groups in total. The van der Waals surface area contributed by atoms with E-state index in [2.05, 4.69) is 15.6 Å². The molecule has 0 aliphatic carbocycles. The number of nitrogens with one attached hydrogen (secondary N) is 2. The summed E-state index contributed by atoms with van der Waals surface area (Å²) in [5, 5.41) is 7.63. The van der Waals surface area contributed by atoms with Crippen molar-refractivity contribution >= 4 is 35.1 Å². The summed E-state index contributed by atoms with van der Waals surface area (Å²) in [6.45, 7) is 5.42. The van der Waals surface area contributed by atoms with Gasteiger partial charge in [0.1, 0.15) is 6.54 Å². The van der Waals surface area contributed by atoms with Crippen LogP contribution in [0, 0.1) is 0 Å². The first-order chi connectivity index (χ1) is 10.9. The predicted octanol–water partition coefficient (Wildman–Crippen LogP) is 2.74. The minimum absolute atomic E-state index is 0.0515. The van der Waals surface area contributed by atoms with Gasteiger partial charge in [-0.25, -0.2) is 4.99 Å². The van der Waals surface area contributed by atoms with Crippen LogP contribution in [0.3, 0.4) is 0 Å². The number of halogens is 2. The molecule has 0 radical (unpaired) electrons. The van der Waals surface area contributed by atoms with Gasteiger partial charge < -0.3 is 15.5 Å². The third kappa shape index (κ3) is 6.28. The largest absolute Gasteiger partial charge is 0.357 e. The van der Waals surface area contributed by atoms with Gasteiger partial charge in [-0.1, -0.05) is 36.2 Å². The number of carbonyl (C=O) groups is 1. The van der Waals surface area contributed by atoms with E-state index in [0.717, 1.165) is 5.56 Å². The van der Waals surface area contributed by atoms with Crippen LogP contribution in [0.25, 0.3) is 0 Å². The molecular weight excluding hydrogens is 335 g/mol. The van der Waals surface area contributed by atoms with Gasteiger partial charge in [0.2, 0.25) is 5.91 Å². The van der Waals surface area contributed by atoms with Crippen molar-refractivity contribution in [3.05, 3.63) is 33.8 Å². The molecule has 0 bridgehead atoms. The summed E-state index contributed by atoms with van der Waals surface area (Å²) >= 11 is 12.5. The lowest BCUT2D eigenvalue weighted by atomic mass is 10.0. The number of benzene rings is 1. The molecule has 0 heterocycles. The molecule has 0 saturated carbocycles. The number of aliphatic imine (C=N–C) groups is 1. The van der Waals surface area contributed by atoms with Crippen molar-refractivity contribution in [2.24, 2.45) is 4.99 Å². The van der Waals surface area contributed by atoms with Crippen LogP contribution in [0.5, 0.6) is 0 Å². The summed E-state index contributed by atoms with van der Waals surface area (Å²) in [4.78, 5) is 17.4. The van der Waals surface area contributed by atoms with Gasteiger partial charge in [0, 0.05) is 43.1 Å². The fourth-order valence-electron chi connectivity index (χ4n) is 1.96. The van der Waals surface area contributed by atoms with Crippen LogP contribution >= 0.6 is 23.2 Å². The molecule has 1 rings (SSSR count). The lowest BCUT2D eigenvalue weighted by molar-refractivity contribution is -0.127. The highest BCUT2D eigenvalue weighted by Crippen LogP contribution is 2.30. The van der Waals surface area contributed by atoms with E-state index in [1.807, 2.05) is 32.0 Å². The van der Waals surface area contributed by atoms with E-state index in [9.17, 15) is 4.79 Å².